The van der Waals surface area contributed by atoms with Gasteiger partial charge in [-0.3, -0.25) is 4.79 Å². The molecule has 3 nitrogen and oxygen atoms in total. The zero-order valence-electron chi connectivity index (χ0n) is 11.9. The molecule has 4 atom stereocenters. The van der Waals surface area contributed by atoms with Crippen molar-refractivity contribution in [2.45, 2.75) is 77.4 Å². The summed E-state index contributed by atoms with van der Waals surface area (Å²) in [6.07, 6.45) is 4.99. The van der Waals surface area contributed by atoms with Crippen molar-refractivity contribution in [3.05, 3.63) is 0 Å². The Morgan fingerprint density at radius 1 is 1.50 bits per heavy atom. The number of carbonyl (C=O) groups excluding carboxylic acids is 1. The number of hydrogen-bond donors (Lipinski definition) is 1. The molecule has 1 saturated carbocycles. The summed E-state index contributed by atoms with van der Waals surface area (Å²) in [4.78, 5) is 11.6. The van der Waals surface area contributed by atoms with Crippen molar-refractivity contribution >= 4 is 5.78 Å². The molecule has 106 valence electrons. The molecule has 4 heteroatoms. The average molecular weight is 258 g/mol. The summed E-state index contributed by atoms with van der Waals surface area (Å²) >= 11 is 0. The maximum absolute atomic E-state index is 14.4. The smallest absolute Gasteiger partial charge is 0.149 e. The van der Waals surface area contributed by atoms with Crippen LogP contribution in [0.3, 0.4) is 0 Å². The van der Waals surface area contributed by atoms with Gasteiger partial charge < -0.3 is 5.73 Å². The minimum atomic E-state index is -0.588. The van der Waals surface area contributed by atoms with Gasteiger partial charge in [-0.1, -0.05) is 26.7 Å². The Labute approximate surface area is 110 Å². The predicted molar refractivity (Wildman–Crippen MR) is 71.7 cm³/mol. The second kappa shape index (κ2) is 7.19. The van der Waals surface area contributed by atoms with Crippen LogP contribution in [0.4, 0.5) is 4.48 Å². The van der Waals surface area contributed by atoms with Gasteiger partial charge in [0, 0.05) is 12.1 Å². The Hall–Kier alpha value is -0.480. The highest BCUT2D eigenvalue weighted by Gasteiger charge is 2.33. The minimum Gasteiger partial charge on any atom is -0.328 e. The van der Waals surface area contributed by atoms with Crippen molar-refractivity contribution in [1.82, 2.24) is 5.12 Å². The Morgan fingerprint density at radius 3 is 2.67 bits per heavy atom. The van der Waals surface area contributed by atoms with Crippen LogP contribution in [-0.2, 0) is 4.79 Å². The zero-order valence-corrected chi connectivity index (χ0v) is 11.9. The van der Waals surface area contributed by atoms with Gasteiger partial charge >= 0.3 is 0 Å². The first-order valence-electron chi connectivity index (χ1n) is 7.15. The van der Waals surface area contributed by atoms with E-state index >= 15 is 0 Å². The van der Waals surface area contributed by atoms with Gasteiger partial charge in [0.05, 0.1) is 6.04 Å². The number of nitrogens with two attached hydrogens (primary N) is 1. The fraction of sp³-hybridized carbons (Fsp3) is 0.929. The molecule has 18 heavy (non-hydrogen) atoms. The summed E-state index contributed by atoms with van der Waals surface area (Å²) in [7, 11) is 0. The van der Waals surface area contributed by atoms with Crippen LogP contribution in [-0.4, -0.2) is 29.0 Å². The number of carbonyl (C=O) groups is 1. The summed E-state index contributed by atoms with van der Waals surface area (Å²) in [6, 6.07) is -0.680. The second-order valence-electron chi connectivity index (χ2n) is 5.80. The molecule has 0 spiro atoms. The number of rotatable bonds is 6. The molecule has 0 aromatic carbocycles. The standard InChI is InChI=1S/C14H27FN2O/c1-4-10(2)8-14(11(3)18)17(15)13-7-5-6-12(16)9-13/h10,12-14H,4-9,16H2,1-3H3. The van der Waals surface area contributed by atoms with Crippen LogP contribution in [0, 0.1) is 5.92 Å². The summed E-state index contributed by atoms with van der Waals surface area (Å²) in [6.45, 7) is 5.62. The maximum Gasteiger partial charge on any atom is 0.149 e. The van der Waals surface area contributed by atoms with Crippen LogP contribution in [0.2, 0.25) is 0 Å². The van der Waals surface area contributed by atoms with Crippen LogP contribution in [0.25, 0.3) is 0 Å². The topological polar surface area (TPSA) is 46.3 Å². The molecule has 2 N–H and O–H groups in total. The second-order valence-corrected chi connectivity index (χ2v) is 5.80. The number of Topliss-reactive ketones (excluding diaryl/α,β-unsaturated/α-hetero) is 1. The molecule has 1 fully saturated rings. The van der Waals surface area contributed by atoms with Crippen LogP contribution >= 0.6 is 0 Å². The molecule has 0 bridgehead atoms. The molecule has 0 aromatic rings. The monoisotopic (exact) mass is 258 g/mol. The SMILES string of the molecule is CCC(C)CC(C(C)=O)N(F)C1CCCC(N)C1. The molecule has 1 aliphatic carbocycles. The lowest BCUT2D eigenvalue weighted by atomic mass is 9.89. The van der Waals surface area contributed by atoms with Gasteiger partial charge in [0.1, 0.15) is 5.78 Å². The van der Waals surface area contributed by atoms with Crippen molar-refractivity contribution in [3.63, 3.8) is 0 Å². The lowest BCUT2D eigenvalue weighted by molar-refractivity contribution is -0.138. The van der Waals surface area contributed by atoms with Crippen LogP contribution in [0.1, 0.15) is 59.3 Å². The van der Waals surface area contributed by atoms with E-state index in [-0.39, 0.29) is 17.9 Å². The number of nitrogens with zero attached hydrogens (tertiary/aromatic N) is 1. The number of halogens is 1. The molecule has 0 amide bonds. The lowest BCUT2D eigenvalue weighted by Crippen LogP contribution is -2.46. The lowest BCUT2D eigenvalue weighted by Gasteiger charge is -2.35. The first-order valence-corrected chi connectivity index (χ1v) is 7.15. The molecular weight excluding hydrogens is 231 g/mol. The van der Waals surface area contributed by atoms with Gasteiger partial charge in [0.25, 0.3) is 0 Å². The average Bonchev–Trinajstić information content (AvgIpc) is 2.34. The molecule has 0 radical (unpaired) electrons. The summed E-state index contributed by atoms with van der Waals surface area (Å²) in [5, 5.41) is 0.799. The van der Waals surface area contributed by atoms with Gasteiger partial charge in [-0.15, -0.1) is 9.60 Å². The Bertz CT molecular complexity index is 273. The van der Waals surface area contributed by atoms with E-state index in [1.165, 1.54) is 6.92 Å². The van der Waals surface area contributed by atoms with E-state index in [1.807, 2.05) is 0 Å². The summed E-state index contributed by atoms with van der Waals surface area (Å²) in [5.74, 6) is 0.298. The summed E-state index contributed by atoms with van der Waals surface area (Å²) in [5.41, 5.74) is 5.89. The highest BCUT2D eigenvalue weighted by molar-refractivity contribution is 5.81. The molecule has 0 heterocycles. The third kappa shape index (κ3) is 4.32. The van der Waals surface area contributed by atoms with Crippen LogP contribution in [0.5, 0.6) is 0 Å². The number of ketones is 1. The first-order chi connectivity index (χ1) is 8.45. The Kier molecular flexibility index (Phi) is 6.22. The molecule has 0 aromatic heterocycles. The van der Waals surface area contributed by atoms with E-state index in [4.69, 9.17) is 5.73 Å². The third-order valence-corrected chi connectivity index (χ3v) is 4.13. The maximum atomic E-state index is 14.4. The highest BCUT2D eigenvalue weighted by Crippen LogP contribution is 2.27. The van der Waals surface area contributed by atoms with E-state index in [2.05, 4.69) is 13.8 Å². The van der Waals surface area contributed by atoms with Gasteiger partial charge in [0.2, 0.25) is 0 Å². The van der Waals surface area contributed by atoms with Crippen molar-refractivity contribution < 1.29 is 9.28 Å². The van der Waals surface area contributed by atoms with Crippen molar-refractivity contribution in [3.8, 4) is 0 Å². The van der Waals surface area contributed by atoms with Crippen LogP contribution < -0.4 is 5.73 Å². The van der Waals surface area contributed by atoms with Crippen molar-refractivity contribution in [1.29, 1.82) is 0 Å². The molecule has 4 unspecified atom stereocenters. The molecule has 0 aliphatic heterocycles. The molecule has 1 aliphatic rings. The Balaban J connectivity index is 2.63. The van der Waals surface area contributed by atoms with E-state index < -0.39 is 6.04 Å². The fourth-order valence-electron chi connectivity index (χ4n) is 2.67. The van der Waals surface area contributed by atoms with E-state index in [0.29, 0.717) is 18.8 Å². The van der Waals surface area contributed by atoms with Gasteiger partial charge in [-0.2, -0.15) is 0 Å². The quantitative estimate of drug-likeness (QED) is 0.745. The van der Waals surface area contributed by atoms with Crippen molar-refractivity contribution in [2.24, 2.45) is 11.7 Å². The minimum absolute atomic E-state index is 0.0723. The number of hydrogen-bond acceptors (Lipinski definition) is 3. The van der Waals surface area contributed by atoms with Gasteiger partial charge in [0.15, 0.2) is 0 Å². The van der Waals surface area contributed by atoms with Gasteiger partial charge in [-0.25, -0.2) is 0 Å². The zero-order chi connectivity index (χ0) is 13.7. The van der Waals surface area contributed by atoms with Crippen LogP contribution in [0.15, 0.2) is 0 Å². The fourth-order valence-corrected chi connectivity index (χ4v) is 2.67. The van der Waals surface area contributed by atoms with Crippen molar-refractivity contribution in [2.75, 3.05) is 0 Å². The Morgan fingerprint density at radius 2 is 2.17 bits per heavy atom. The van der Waals surface area contributed by atoms with E-state index in [0.717, 1.165) is 30.8 Å². The van der Waals surface area contributed by atoms with E-state index in [1.54, 1.807) is 0 Å². The normalized spacial score (nSPS) is 28.1. The summed E-state index contributed by atoms with van der Waals surface area (Å²) < 4.78 is 14.4. The third-order valence-electron chi connectivity index (χ3n) is 4.13. The predicted octanol–water partition coefficient (Wildman–Crippen LogP) is 2.84. The van der Waals surface area contributed by atoms with E-state index in [9.17, 15) is 9.28 Å². The molecule has 0 saturated heterocycles. The largest absolute Gasteiger partial charge is 0.328 e. The molecule has 1 rings (SSSR count). The first kappa shape index (κ1) is 15.6. The van der Waals surface area contributed by atoms with Gasteiger partial charge in [-0.05, 0) is 38.5 Å². The molecular formula is C14H27FN2O. The highest BCUT2D eigenvalue weighted by atomic mass is 19.2.